The van der Waals surface area contributed by atoms with Gasteiger partial charge in [0, 0.05) is 0 Å². The Hall–Kier alpha value is -2.03. The van der Waals surface area contributed by atoms with Gasteiger partial charge in [0.2, 0.25) is 11.4 Å². The summed E-state index contributed by atoms with van der Waals surface area (Å²) in [5, 5.41) is 13.2. The van der Waals surface area contributed by atoms with Gasteiger partial charge in [0.15, 0.2) is 0 Å². The van der Waals surface area contributed by atoms with Crippen molar-refractivity contribution in [1.82, 2.24) is 0 Å². The number of rotatable bonds is 0. The molecule has 126 valence electrons. The predicted octanol–water partition coefficient (Wildman–Crippen LogP) is 5.31. The van der Waals surface area contributed by atoms with Crippen LogP contribution >= 0.6 is 0 Å². The topological polar surface area (TPSA) is 35.3 Å². The van der Waals surface area contributed by atoms with Gasteiger partial charge in [-0.1, -0.05) is 19.9 Å². The fourth-order valence-corrected chi connectivity index (χ4v) is 4.68. The van der Waals surface area contributed by atoms with Crippen LogP contribution in [-0.4, -0.2) is 16.1 Å². The molecule has 4 rings (SSSR count). The molecule has 3 heteroatoms. The molecule has 0 spiro atoms. The second-order valence-corrected chi connectivity index (χ2v) is 9.16. The quantitative estimate of drug-likeness (QED) is 0.479. The second kappa shape index (κ2) is 4.33. The Balaban J connectivity index is 2.00. The van der Waals surface area contributed by atoms with Gasteiger partial charge in [-0.2, -0.15) is 4.74 Å². The van der Waals surface area contributed by atoms with Crippen molar-refractivity contribution in [3.05, 3.63) is 40.6 Å². The third-order valence-corrected chi connectivity index (χ3v) is 5.23. The smallest absolute Gasteiger partial charge is 0.235 e. The van der Waals surface area contributed by atoms with Crippen molar-refractivity contribution in [2.45, 2.75) is 53.6 Å². The minimum atomic E-state index is -0.339. The third kappa shape index (κ3) is 2.07. The zero-order valence-corrected chi connectivity index (χ0v) is 15.4. The minimum absolute atomic E-state index is 0.0784. The Morgan fingerprint density at radius 1 is 1.08 bits per heavy atom. The van der Waals surface area contributed by atoms with E-state index in [1.807, 2.05) is 38.1 Å². The van der Waals surface area contributed by atoms with Crippen molar-refractivity contribution in [2.75, 3.05) is 0 Å². The van der Waals surface area contributed by atoms with Crippen molar-refractivity contribution in [3.8, 4) is 5.75 Å². The lowest BCUT2D eigenvalue weighted by atomic mass is 9.65. The molecular formula is C21H25NO2. The molecule has 0 atom stereocenters. The van der Waals surface area contributed by atoms with E-state index in [4.69, 9.17) is 4.74 Å². The summed E-state index contributed by atoms with van der Waals surface area (Å²) < 4.78 is 7.21. The van der Waals surface area contributed by atoms with Gasteiger partial charge in [-0.05, 0) is 63.8 Å². The maximum absolute atomic E-state index is 13.2. The highest BCUT2D eigenvalue weighted by molar-refractivity contribution is 6.28. The van der Waals surface area contributed by atoms with Crippen molar-refractivity contribution in [3.63, 3.8) is 0 Å². The molecule has 0 saturated carbocycles. The van der Waals surface area contributed by atoms with Crippen LogP contribution in [0.2, 0.25) is 0 Å². The van der Waals surface area contributed by atoms with E-state index in [9.17, 15) is 5.21 Å². The first-order chi connectivity index (χ1) is 11.0. The van der Waals surface area contributed by atoms with Gasteiger partial charge in [-0.15, -0.1) is 0 Å². The van der Waals surface area contributed by atoms with Crippen LogP contribution in [0.15, 0.2) is 24.3 Å². The van der Waals surface area contributed by atoms with Crippen LogP contribution in [0.25, 0.3) is 11.6 Å². The van der Waals surface area contributed by atoms with Gasteiger partial charge in [-0.25, -0.2) is 0 Å². The van der Waals surface area contributed by atoms with Gasteiger partial charge < -0.3 is 9.94 Å². The molecule has 1 aromatic carbocycles. The largest absolute Gasteiger partial charge is 0.618 e. The number of allylic oxidation sites excluding steroid dienone is 2. The Kier molecular flexibility index (Phi) is 2.79. The normalized spacial score (nSPS) is 24.7. The standard InChI is InChI=1S/C21H25NO2/c1-19(2)11-15-13-7-8-16-14(9-10-21(5,6)24-16)17(13)22(23)18(15)20(3,4)12-19/h7-11H,12H2,1-6H3. The zero-order chi connectivity index (χ0) is 17.5. The second-order valence-electron chi connectivity index (χ2n) is 9.16. The maximum Gasteiger partial charge on any atom is 0.235 e. The first-order valence-electron chi connectivity index (χ1n) is 8.64. The molecule has 0 amide bonds. The third-order valence-electron chi connectivity index (χ3n) is 5.23. The van der Waals surface area contributed by atoms with Crippen molar-refractivity contribution in [1.29, 1.82) is 0 Å². The van der Waals surface area contributed by atoms with Crippen LogP contribution < -0.4 is 4.74 Å². The van der Waals surface area contributed by atoms with E-state index in [0.717, 1.165) is 45.0 Å². The first-order valence-corrected chi connectivity index (χ1v) is 8.64. The molecule has 3 nitrogen and oxygen atoms in total. The lowest BCUT2D eigenvalue weighted by molar-refractivity contribution is -0.361. The molecule has 0 unspecified atom stereocenters. The molecule has 3 aliphatic rings. The molecule has 24 heavy (non-hydrogen) atoms. The Morgan fingerprint density at radius 3 is 2.50 bits per heavy atom. The summed E-state index contributed by atoms with van der Waals surface area (Å²) in [5.41, 5.74) is 4.26. The number of benzene rings is 1. The predicted molar refractivity (Wildman–Crippen MR) is 98.6 cm³/mol. The van der Waals surface area contributed by atoms with Crippen LogP contribution in [0.4, 0.5) is 5.69 Å². The van der Waals surface area contributed by atoms with E-state index in [0.29, 0.717) is 0 Å². The van der Waals surface area contributed by atoms with E-state index in [1.54, 1.807) is 0 Å². The monoisotopic (exact) mass is 323 g/mol. The van der Waals surface area contributed by atoms with Gasteiger partial charge >= 0.3 is 0 Å². The zero-order valence-electron chi connectivity index (χ0n) is 15.4. The molecule has 0 bridgehead atoms. The van der Waals surface area contributed by atoms with Gasteiger partial charge in [0.25, 0.3) is 0 Å². The molecule has 0 N–H and O–H groups in total. The summed E-state index contributed by atoms with van der Waals surface area (Å²) in [7, 11) is 0. The van der Waals surface area contributed by atoms with Gasteiger partial charge in [0.1, 0.15) is 11.4 Å². The van der Waals surface area contributed by atoms with Crippen LogP contribution in [0.3, 0.4) is 0 Å². The summed E-state index contributed by atoms with van der Waals surface area (Å²) in [6.45, 7) is 12.9. The van der Waals surface area contributed by atoms with E-state index in [1.165, 1.54) is 0 Å². The Bertz CT molecular complexity index is 851. The van der Waals surface area contributed by atoms with E-state index in [2.05, 4.69) is 33.8 Å². The Labute approximate surface area is 143 Å². The lowest BCUT2D eigenvalue weighted by Crippen LogP contribution is -2.36. The van der Waals surface area contributed by atoms with Crippen LogP contribution in [0.5, 0.6) is 5.75 Å². The molecule has 1 aromatic rings. The number of hydrogen-bond acceptors (Lipinski definition) is 2. The van der Waals surface area contributed by atoms with Crippen LogP contribution in [0, 0.1) is 16.0 Å². The molecular weight excluding hydrogens is 298 g/mol. The van der Waals surface area contributed by atoms with Crippen molar-refractivity contribution < 1.29 is 9.48 Å². The molecule has 1 aliphatic carbocycles. The van der Waals surface area contributed by atoms with E-state index in [-0.39, 0.29) is 16.4 Å². The highest BCUT2D eigenvalue weighted by Gasteiger charge is 2.49. The average Bonchev–Trinajstić information content (AvgIpc) is 2.68. The van der Waals surface area contributed by atoms with E-state index >= 15 is 0 Å². The molecule has 0 saturated heterocycles. The number of fused-ring (bicyclic) bond motifs is 5. The fourth-order valence-electron chi connectivity index (χ4n) is 4.68. The molecule has 2 heterocycles. The van der Waals surface area contributed by atoms with Gasteiger partial charge in [-0.3, -0.25) is 0 Å². The average molecular weight is 323 g/mol. The molecule has 0 radical (unpaired) electrons. The van der Waals surface area contributed by atoms with Crippen LogP contribution in [-0.2, 0) is 0 Å². The fraction of sp³-hybridized carbons (Fsp3) is 0.476. The van der Waals surface area contributed by atoms with E-state index < -0.39 is 0 Å². The Morgan fingerprint density at radius 2 is 1.79 bits per heavy atom. The van der Waals surface area contributed by atoms with Crippen LogP contribution in [0.1, 0.15) is 59.1 Å². The molecule has 0 fully saturated rings. The summed E-state index contributed by atoms with van der Waals surface area (Å²) in [4.78, 5) is 0. The minimum Gasteiger partial charge on any atom is -0.618 e. The summed E-state index contributed by atoms with van der Waals surface area (Å²) in [6, 6.07) is 4.05. The number of ether oxygens (including phenoxy) is 1. The number of nitrogens with zero attached hydrogens (tertiary/aromatic N) is 1. The van der Waals surface area contributed by atoms with Gasteiger partial charge in [0.05, 0.1) is 22.1 Å². The summed E-state index contributed by atoms with van der Waals surface area (Å²) in [6.07, 6.45) is 7.31. The molecule has 2 aliphatic heterocycles. The summed E-state index contributed by atoms with van der Waals surface area (Å²) in [5.74, 6) is 0.791. The number of hydrogen-bond donors (Lipinski definition) is 0. The first kappa shape index (κ1) is 15.5. The summed E-state index contributed by atoms with van der Waals surface area (Å²) >= 11 is 0. The molecule has 0 aromatic heterocycles. The lowest BCUT2D eigenvalue weighted by Gasteiger charge is -2.36. The van der Waals surface area contributed by atoms with Crippen molar-refractivity contribution >= 4 is 23.0 Å². The highest BCUT2D eigenvalue weighted by Crippen LogP contribution is 2.53. The van der Waals surface area contributed by atoms with Crippen molar-refractivity contribution in [2.24, 2.45) is 10.8 Å². The highest BCUT2D eigenvalue weighted by atomic mass is 16.5. The maximum atomic E-state index is 13.2. The SMILES string of the molecule is CC1(C)C=C2C(=[N+]([O-])c3c2ccc2c3C=CC(C)(C)O2)C(C)(C)C1.